The van der Waals surface area contributed by atoms with E-state index in [-0.39, 0.29) is 17.2 Å². The zero-order valence-electron chi connectivity index (χ0n) is 10.1. The number of nitrogen functional groups attached to an aromatic ring is 1. The molecule has 0 aliphatic heterocycles. The first-order valence-corrected chi connectivity index (χ1v) is 6.75. The number of rotatable bonds is 5. The number of carbonyl (C=O) groups is 1. The summed E-state index contributed by atoms with van der Waals surface area (Å²) in [4.78, 5) is 13.6. The number of halogens is 1. The quantitative estimate of drug-likeness (QED) is 0.649. The van der Waals surface area contributed by atoms with E-state index >= 15 is 0 Å². The van der Waals surface area contributed by atoms with Crippen molar-refractivity contribution in [3.63, 3.8) is 0 Å². The van der Waals surface area contributed by atoms with Crippen LogP contribution in [0.5, 0.6) is 0 Å². The van der Waals surface area contributed by atoms with Crippen LogP contribution in [0.2, 0.25) is 0 Å². The molecule has 0 unspecified atom stereocenters. The molecule has 1 aromatic carbocycles. The van der Waals surface area contributed by atoms with Gasteiger partial charge >= 0.3 is 0 Å². The molecule has 0 atom stereocenters. The molecule has 0 bridgehead atoms. The van der Waals surface area contributed by atoms with Crippen molar-refractivity contribution in [3.8, 4) is 0 Å². The molecule has 0 saturated heterocycles. The Morgan fingerprint density at radius 3 is 2.88 bits per heavy atom. The van der Waals surface area contributed by atoms with Crippen molar-refractivity contribution in [2.75, 3.05) is 31.3 Å². The van der Waals surface area contributed by atoms with Crippen LogP contribution >= 0.6 is 11.8 Å². The number of hydrogen-bond acceptors (Lipinski definition) is 3. The van der Waals surface area contributed by atoms with Crippen LogP contribution in [0.1, 0.15) is 16.8 Å². The van der Waals surface area contributed by atoms with E-state index in [2.05, 4.69) is 0 Å². The van der Waals surface area contributed by atoms with Gasteiger partial charge in [0.05, 0.1) is 11.3 Å². The Labute approximate surface area is 105 Å². The highest BCUT2D eigenvalue weighted by molar-refractivity contribution is 7.98. The molecule has 0 radical (unpaired) electrons. The van der Waals surface area contributed by atoms with Gasteiger partial charge in [-0.05, 0) is 30.6 Å². The molecular weight excluding hydrogens is 239 g/mol. The van der Waals surface area contributed by atoms with E-state index in [1.54, 1.807) is 29.8 Å². The van der Waals surface area contributed by atoms with Gasteiger partial charge in [0.15, 0.2) is 0 Å². The molecule has 1 amide bonds. The summed E-state index contributed by atoms with van der Waals surface area (Å²) < 4.78 is 13.2. The maximum absolute atomic E-state index is 13.2. The third-order valence-corrected chi connectivity index (χ3v) is 3.17. The van der Waals surface area contributed by atoms with Gasteiger partial charge in [0, 0.05) is 13.6 Å². The smallest absolute Gasteiger partial charge is 0.255 e. The normalized spacial score (nSPS) is 10.3. The zero-order chi connectivity index (χ0) is 12.8. The summed E-state index contributed by atoms with van der Waals surface area (Å²) in [6.45, 7) is 0.648. The zero-order valence-corrected chi connectivity index (χ0v) is 10.9. The van der Waals surface area contributed by atoms with Gasteiger partial charge < -0.3 is 10.6 Å². The summed E-state index contributed by atoms with van der Waals surface area (Å²) in [5.41, 5.74) is 5.71. The first-order chi connectivity index (χ1) is 8.07. The third kappa shape index (κ3) is 3.63. The number of benzene rings is 1. The summed E-state index contributed by atoms with van der Waals surface area (Å²) in [7, 11) is 1.70. The third-order valence-electron chi connectivity index (χ3n) is 2.47. The van der Waals surface area contributed by atoms with E-state index in [9.17, 15) is 9.18 Å². The number of carbonyl (C=O) groups excluding carboxylic acids is 1. The van der Waals surface area contributed by atoms with Crippen molar-refractivity contribution in [1.29, 1.82) is 0 Å². The van der Waals surface area contributed by atoms with Crippen LogP contribution in [0.3, 0.4) is 0 Å². The predicted octanol–water partition coefficient (Wildman–Crippen LogP) is 2.23. The highest BCUT2D eigenvalue weighted by Gasteiger charge is 2.16. The molecule has 0 aliphatic carbocycles. The van der Waals surface area contributed by atoms with Crippen molar-refractivity contribution >= 4 is 23.4 Å². The minimum atomic E-state index is -0.548. The van der Waals surface area contributed by atoms with Gasteiger partial charge in [-0.1, -0.05) is 6.07 Å². The fourth-order valence-corrected chi connectivity index (χ4v) is 1.89. The van der Waals surface area contributed by atoms with Gasteiger partial charge in [-0.3, -0.25) is 4.79 Å². The molecule has 3 nitrogen and oxygen atoms in total. The highest BCUT2D eigenvalue weighted by Crippen LogP contribution is 2.17. The Balaban J connectivity index is 2.71. The van der Waals surface area contributed by atoms with Crippen molar-refractivity contribution in [2.45, 2.75) is 6.42 Å². The van der Waals surface area contributed by atoms with Crippen molar-refractivity contribution in [3.05, 3.63) is 29.6 Å². The van der Waals surface area contributed by atoms with Gasteiger partial charge in [-0.2, -0.15) is 11.8 Å². The standard InChI is InChI=1S/C12H17FN2OS/c1-15(7-4-8-17-2)12(16)9-5-3-6-10(13)11(9)14/h3,5-6H,4,7-8,14H2,1-2H3. The topological polar surface area (TPSA) is 46.3 Å². The Bertz CT molecular complexity index is 398. The van der Waals surface area contributed by atoms with E-state index in [0.29, 0.717) is 6.54 Å². The van der Waals surface area contributed by atoms with Crippen molar-refractivity contribution < 1.29 is 9.18 Å². The molecule has 0 aliphatic rings. The van der Waals surface area contributed by atoms with Crippen LogP contribution in [-0.4, -0.2) is 36.4 Å². The van der Waals surface area contributed by atoms with Crippen molar-refractivity contribution in [1.82, 2.24) is 4.90 Å². The Hall–Kier alpha value is -1.23. The molecule has 0 spiro atoms. The molecule has 94 valence electrons. The number of nitrogens with two attached hydrogens (primary N) is 1. The number of nitrogens with zero attached hydrogens (tertiary/aromatic N) is 1. The lowest BCUT2D eigenvalue weighted by molar-refractivity contribution is 0.0796. The Morgan fingerprint density at radius 2 is 2.24 bits per heavy atom. The number of hydrogen-bond donors (Lipinski definition) is 1. The first kappa shape index (κ1) is 13.8. The molecule has 5 heteroatoms. The first-order valence-electron chi connectivity index (χ1n) is 5.36. The molecule has 2 N–H and O–H groups in total. The van der Waals surface area contributed by atoms with Gasteiger partial charge in [0.25, 0.3) is 5.91 Å². The maximum atomic E-state index is 13.2. The number of anilines is 1. The monoisotopic (exact) mass is 256 g/mol. The predicted molar refractivity (Wildman–Crippen MR) is 70.8 cm³/mol. The molecule has 17 heavy (non-hydrogen) atoms. The minimum absolute atomic E-state index is 0.0748. The lowest BCUT2D eigenvalue weighted by Gasteiger charge is -2.18. The maximum Gasteiger partial charge on any atom is 0.255 e. The van der Waals surface area contributed by atoms with Gasteiger partial charge in [-0.15, -0.1) is 0 Å². The molecule has 0 fully saturated rings. The van der Waals surface area contributed by atoms with Gasteiger partial charge in [0.1, 0.15) is 5.82 Å². The second-order valence-corrected chi connectivity index (χ2v) is 4.76. The molecule has 1 aromatic rings. The van der Waals surface area contributed by atoms with E-state index < -0.39 is 5.82 Å². The summed E-state index contributed by atoms with van der Waals surface area (Å²) in [6.07, 6.45) is 2.94. The largest absolute Gasteiger partial charge is 0.396 e. The molecular formula is C12H17FN2OS. The van der Waals surface area contributed by atoms with E-state index in [4.69, 9.17) is 5.73 Å². The fraction of sp³-hybridized carbons (Fsp3) is 0.417. The average molecular weight is 256 g/mol. The van der Waals surface area contributed by atoms with Crippen LogP contribution in [-0.2, 0) is 0 Å². The van der Waals surface area contributed by atoms with Crippen molar-refractivity contribution in [2.24, 2.45) is 0 Å². The minimum Gasteiger partial charge on any atom is -0.396 e. The average Bonchev–Trinajstić information content (AvgIpc) is 2.32. The van der Waals surface area contributed by atoms with Crippen LogP contribution in [0, 0.1) is 5.82 Å². The van der Waals surface area contributed by atoms with Gasteiger partial charge in [0.2, 0.25) is 0 Å². The SMILES string of the molecule is CSCCCN(C)C(=O)c1cccc(F)c1N. The Morgan fingerprint density at radius 1 is 1.53 bits per heavy atom. The van der Waals surface area contributed by atoms with E-state index in [1.165, 1.54) is 12.1 Å². The lowest BCUT2D eigenvalue weighted by atomic mass is 10.1. The highest BCUT2D eigenvalue weighted by atomic mass is 32.2. The summed E-state index contributed by atoms with van der Waals surface area (Å²) in [6, 6.07) is 4.29. The van der Waals surface area contributed by atoms with Crippen LogP contribution in [0.15, 0.2) is 18.2 Å². The van der Waals surface area contributed by atoms with Crippen LogP contribution < -0.4 is 5.73 Å². The number of para-hydroxylation sites is 1. The molecule has 0 heterocycles. The fourth-order valence-electron chi connectivity index (χ4n) is 1.48. The van der Waals surface area contributed by atoms with Crippen LogP contribution in [0.25, 0.3) is 0 Å². The molecule has 0 saturated carbocycles. The number of amides is 1. The second kappa shape index (κ2) is 6.49. The summed E-state index contributed by atoms with van der Waals surface area (Å²) >= 11 is 1.73. The molecule has 1 rings (SSSR count). The molecule has 0 aromatic heterocycles. The second-order valence-electron chi connectivity index (χ2n) is 3.77. The van der Waals surface area contributed by atoms with E-state index in [1.807, 2.05) is 6.26 Å². The lowest BCUT2D eigenvalue weighted by Crippen LogP contribution is -2.28. The summed E-state index contributed by atoms with van der Waals surface area (Å²) in [5, 5.41) is 0. The Kier molecular flexibility index (Phi) is 5.28. The summed E-state index contributed by atoms with van der Waals surface area (Å²) in [5.74, 6) is 0.215. The number of thioether (sulfide) groups is 1. The van der Waals surface area contributed by atoms with Crippen LogP contribution in [0.4, 0.5) is 10.1 Å². The van der Waals surface area contributed by atoms with E-state index in [0.717, 1.165) is 12.2 Å². The van der Waals surface area contributed by atoms with Gasteiger partial charge in [-0.25, -0.2) is 4.39 Å².